The largest absolute Gasteiger partial charge is 0.392 e. The third-order valence-corrected chi connectivity index (χ3v) is 6.35. The third-order valence-electron chi connectivity index (χ3n) is 6.35. The van der Waals surface area contributed by atoms with E-state index in [2.05, 4.69) is 10.6 Å². The summed E-state index contributed by atoms with van der Waals surface area (Å²) in [5.74, 6) is -2.80. The van der Waals surface area contributed by atoms with Gasteiger partial charge in [-0.2, -0.15) is 0 Å². The van der Waals surface area contributed by atoms with Gasteiger partial charge in [0.05, 0.1) is 24.5 Å². The number of imide groups is 1. The fourth-order valence-corrected chi connectivity index (χ4v) is 5.08. The Morgan fingerprint density at radius 2 is 1.72 bits per heavy atom. The molecule has 148 valence electrons. The Bertz CT molecular complexity index is 1020. The van der Waals surface area contributed by atoms with E-state index in [0.29, 0.717) is 11.3 Å². The molecule has 3 amide bonds. The number of fused-ring (bicyclic) bond motifs is 4. The van der Waals surface area contributed by atoms with Crippen LogP contribution in [0.15, 0.2) is 54.6 Å². The summed E-state index contributed by atoms with van der Waals surface area (Å²) in [7, 11) is 0. The topological polar surface area (TPSA) is 98.7 Å². The molecule has 2 aromatic carbocycles. The number of aliphatic hydroxyl groups is 1. The van der Waals surface area contributed by atoms with E-state index in [-0.39, 0.29) is 24.3 Å². The minimum absolute atomic E-state index is 0.150. The van der Waals surface area contributed by atoms with E-state index < -0.39 is 29.5 Å². The number of amides is 3. The lowest BCUT2D eigenvalue weighted by molar-refractivity contribution is -0.143. The number of rotatable bonds is 3. The Kier molecular flexibility index (Phi) is 3.88. The van der Waals surface area contributed by atoms with Gasteiger partial charge in [0, 0.05) is 17.3 Å². The minimum atomic E-state index is -1.36. The molecule has 3 heterocycles. The van der Waals surface area contributed by atoms with Crippen LogP contribution in [0.4, 0.5) is 5.69 Å². The van der Waals surface area contributed by atoms with Crippen molar-refractivity contribution < 1.29 is 19.5 Å². The van der Waals surface area contributed by atoms with Gasteiger partial charge in [-0.3, -0.25) is 24.6 Å². The molecule has 0 saturated carbocycles. The number of nitrogens with one attached hydrogen (secondary N) is 2. The number of anilines is 1. The molecule has 0 unspecified atom stereocenters. The van der Waals surface area contributed by atoms with Crippen molar-refractivity contribution in [1.29, 1.82) is 0 Å². The second-order valence-corrected chi connectivity index (χ2v) is 7.97. The SMILES string of the molecule is C[C@H](O)[C@H]1N[C@]2(C(=O)Nc3ccccc32)[C@@H]2C(=O)N(Cc3ccccc3)C(=O)[C@@H]12. The molecular formula is C22H21N3O4. The van der Waals surface area contributed by atoms with Crippen LogP contribution < -0.4 is 10.6 Å². The van der Waals surface area contributed by atoms with Gasteiger partial charge in [-0.25, -0.2) is 0 Å². The van der Waals surface area contributed by atoms with Crippen molar-refractivity contribution in [3.63, 3.8) is 0 Å². The van der Waals surface area contributed by atoms with Gasteiger partial charge in [-0.05, 0) is 18.6 Å². The zero-order valence-corrected chi connectivity index (χ0v) is 15.8. The van der Waals surface area contributed by atoms with Gasteiger partial charge in [0.1, 0.15) is 5.54 Å². The molecule has 29 heavy (non-hydrogen) atoms. The second kappa shape index (κ2) is 6.23. The predicted molar refractivity (Wildman–Crippen MR) is 104 cm³/mol. The summed E-state index contributed by atoms with van der Waals surface area (Å²) in [4.78, 5) is 41.2. The number of carbonyl (C=O) groups excluding carboxylic acids is 3. The van der Waals surface area contributed by atoms with Crippen LogP contribution in [0, 0.1) is 11.8 Å². The molecule has 5 rings (SSSR count). The molecule has 3 aliphatic heterocycles. The molecule has 2 saturated heterocycles. The van der Waals surface area contributed by atoms with E-state index >= 15 is 0 Å². The van der Waals surface area contributed by atoms with Gasteiger partial charge >= 0.3 is 0 Å². The second-order valence-electron chi connectivity index (χ2n) is 7.97. The lowest BCUT2D eigenvalue weighted by atomic mass is 9.76. The van der Waals surface area contributed by atoms with Crippen LogP contribution in [0.5, 0.6) is 0 Å². The summed E-state index contributed by atoms with van der Waals surface area (Å²) in [6, 6.07) is 15.8. The van der Waals surface area contributed by atoms with E-state index in [0.717, 1.165) is 5.56 Å². The van der Waals surface area contributed by atoms with Crippen LogP contribution >= 0.6 is 0 Å². The number of aliphatic hydroxyl groups excluding tert-OH is 1. The summed E-state index contributed by atoms with van der Waals surface area (Å²) in [6.07, 6.45) is -0.907. The molecule has 3 N–H and O–H groups in total. The van der Waals surface area contributed by atoms with E-state index in [9.17, 15) is 19.5 Å². The maximum Gasteiger partial charge on any atom is 0.250 e. The van der Waals surface area contributed by atoms with Crippen molar-refractivity contribution >= 4 is 23.4 Å². The van der Waals surface area contributed by atoms with Crippen LogP contribution in [0.1, 0.15) is 18.1 Å². The summed E-state index contributed by atoms with van der Waals surface area (Å²) < 4.78 is 0. The Morgan fingerprint density at radius 1 is 1.03 bits per heavy atom. The summed E-state index contributed by atoms with van der Waals surface area (Å²) in [5.41, 5.74) is 0.741. The highest BCUT2D eigenvalue weighted by molar-refractivity contribution is 6.15. The molecule has 0 aromatic heterocycles. The average Bonchev–Trinajstić information content (AvgIpc) is 3.30. The van der Waals surface area contributed by atoms with Crippen LogP contribution in [0.2, 0.25) is 0 Å². The third kappa shape index (κ3) is 2.34. The Morgan fingerprint density at radius 3 is 2.45 bits per heavy atom. The zero-order valence-electron chi connectivity index (χ0n) is 15.8. The number of para-hydroxylation sites is 1. The molecule has 0 bridgehead atoms. The van der Waals surface area contributed by atoms with Crippen LogP contribution in [-0.4, -0.2) is 39.9 Å². The van der Waals surface area contributed by atoms with Crippen LogP contribution in [0.25, 0.3) is 0 Å². The molecule has 7 nitrogen and oxygen atoms in total. The average molecular weight is 391 g/mol. The number of benzene rings is 2. The first-order valence-electron chi connectivity index (χ1n) is 9.71. The first kappa shape index (κ1) is 18.0. The predicted octanol–water partition coefficient (Wildman–Crippen LogP) is 0.988. The molecule has 3 aliphatic rings. The quantitative estimate of drug-likeness (QED) is 0.678. The summed E-state index contributed by atoms with van der Waals surface area (Å²) >= 11 is 0. The molecule has 5 atom stereocenters. The van der Waals surface area contributed by atoms with Crippen molar-refractivity contribution in [3.8, 4) is 0 Å². The lowest BCUT2D eigenvalue weighted by Crippen LogP contribution is -2.54. The van der Waals surface area contributed by atoms with Crippen molar-refractivity contribution in [1.82, 2.24) is 10.2 Å². The van der Waals surface area contributed by atoms with Gasteiger partial charge in [0.15, 0.2) is 0 Å². The monoisotopic (exact) mass is 391 g/mol. The molecule has 0 aliphatic carbocycles. The highest BCUT2D eigenvalue weighted by atomic mass is 16.3. The van der Waals surface area contributed by atoms with E-state index in [1.807, 2.05) is 30.3 Å². The van der Waals surface area contributed by atoms with E-state index in [1.54, 1.807) is 31.2 Å². The number of nitrogens with zero attached hydrogens (tertiary/aromatic N) is 1. The van der Waals surface area contributed by atoms with Crippen molar-refractivity contribution in [2.45, 2.75) is 31.2 Å². The Balaban J connectivity index is 1.62. The molecule has 0 radical (unpaired) electrons. The molecular weight excluding hydrogens is 370 g/mol. The summed E-state index contributed by atoms with van der Waals surface area (Å²) in [5, 5.41) is 16.4. The molecule has 2 fully saturated rings. The van der Waals surface area contributed by atoms with Crippen molar-refractivity contribution in [3.05, 3.63) is 65.7 Å². The number of hydrogen-bond donors (Lipinski definition) is 3. The molecule has 2 aromatic rings. The van der Waals surface area contributed by atoms with Crippen LogP contribution in [-0.2, 0) is 26.5 Å². The normalized spacial score (nSPS) is 31.2. The smallest absolute Gasteiger partial charge is 0.250 e. The van der Waals surface area contributed by atoms with Gasteiger partial charge in [0.2, 0.25) is 17.7 Å². The zero-order chi connectivity index (χ0) is 20.3. The molecule has 7 heteroatoms. The highest BCUT2D eigenvalue weighted by Crippen LogP contribution is 2.53. The van der Waals surface area contributed by atoms with Crippen LogP contribution in [0.3, 0.4) is 0 Å². The minimum Gasteiger partial charge on any atom is -0.392 e. The molecule has 1 spiro atoms. The Labute approximate surface area is 167 Å². The number of carbonyl (C=O) groups is 3. The summed E-state index contributed by atoms with van der Waals surface area (Å²) in [6.45, 7) is 1.72. The first-order chi connectivity index (χ1) is 13.9. The van der Waals surface area contributed by atoms with Crippen molar-refractivity contribution in [2.75, 3.05) is 5.32 Å². The maximum atomic E-state index is 13.5. The fourth-order valence-electron chi connectivity index (χ4n) is 5.08. The highest BCUT2D eigenvalue weighted by Gasteiger charge is 2.70. The van der Waals surface area contributed by atoms with E-state index in [1.165, 1.54) is 4.90 Å². The fraction of sp³-hybridized carbons (Fsp3) is 0.318. The maximum absolute atomic E-state index is 13.5. The number of likely N-dealkylation sites (tertiary alicyclic amines) is 1. The van der Waals surface area contributed by atoms with Gasteiger partial charge in [-0.1, -0.05) is 48.5 Å². The van der Waals surface area contributed by atoms with Gasteiger partial charge in [-0.15, -0.1) is 0 Å². The van der Waals surface area contributed by atoms with E-state index in [4.69, 9.17) is 0 Å². The van der Waals surface area contributed by atoms with Crippen molar-refractivity contribution in [2.24, 2.45) is 11.8 Å². The number of hydrogen-bond acceptors (Lipinski definition) is 5. The first-order valence-corrected chi connectivity index (χ1v) is 9.71. The van der Waals surface area contributed by atoms with Gasteiger partial charge < -0.3 is 10.4 Å². The van der Waals surface area contributed by atoms with Gasteiger partial charge in [0.25, 0.3) is 0 Å². The lowest BCUT2D eigenvalue weighted by Gasteiger charge is -2.30. The standard InChI is InChI=1S/C22H21N3O4/c1-12(26)18-16-17(20(28)25(19(16)27)11-13-7-3-2-4-8-13)22(24-18)14-9-5-6-10-15(14)23-21(22)29/h2-10,12,16-18,24,26H,11H2,1H3,(H,23,29)/t12-,16+,17-,18+,22-/m0/s1. The Hall–Kier alpha value is -3.03.